The summed E-state index contributed by atoms with van der Waals surface area (Å²) >= 11 is 3.10. The van der Waals surface area contributed by atoms with Gasteiger partial charge in [0, 0.05) is 24.0 Å². The smallest absolute Gasteiger partial charge is 0.262 e. The van der Waals surface area contributed by atoms with Gasteiger partial charge in [-0.1, -0.05) is 11.8 Å². The standard InChI is InChI=1S/C21H27N3O2S2/c1-12(13-7-8-13)24(14-9-10-14)17(25)11-27-21-22-19-18(20(26)23(21)2)15-5-3-4-6-16(15)28-19/h12-14H,3-11H2,1-2H3. The molecule has 1 unspecified atom stereocenters. The normalized spacial score (nSPS) is 20.2. The molecule has 28 heavy (non-hydrogen) atoms. The first-order chi connectivity index (χ1) is 13.5. The van der Waals surface area contributed by atoms with E-state index in [9.17, 15) is 9.59 Å². The summed E-state index contributed by atoms with van der Waals surface area (Å²) in [4.78, 5) is 35.1. The maximum atomic E-state index is 13.0. The number of aryl methyl sites for hydroxylation is 2. The number of aromatic nitrogens is 2. The van der Waals surface area contributed by atoms with Gasteiger partial charge in [-0.25, -0.2) is 4.98 Å². The Morgan fingerprint density at radius 2 is 2.04 bits per heavy atom. The highest BCUT2D eigenvalue weighted by Gasteiger charge is 2.41. The third-order valence-electron chi connectivity index (χ3n) is 6.45. The van der Waals surface area contributed by atoms with Crippen LogP contribution in [0.4, 0.5) is 0 Å². The second-order valence-electron chi connectivity index (χ2n) is 8.55. The maximum Gasteiger partial charge on any atom is 0.262 e. The summed E-state index contributed by atoms with van der Waals surface area (Å²) in [6.07, 6.45) is 9.19. The molecule has 3 aliphatic rings. The number of hydrogen-bond donors (Lipinski definition) is 0. The van der Waals surface area contributed by atoms with Crippen molar-refractivity contribution in [2.75, 3.05) is 5.75 Å². The van der Waals surface area contributed by atoms with Crippen molar-refractivity contribution in [2.24, 2.45) is 13.0 Å². The summed E-state index contributed by atoms with van der Waals surface area (Å²) in [5.74, 6) is 1.25. The molecule has 2 heterocycles. The topological polar surface area (TPSA) is 55.2 Å². The van der Waals surface area contributed by atoms with Gasteiger partial charge in [-0.3, -0.25) is 14.2 Å². The van der Waals surface area contributed by atoms with Gasteiger partial charge in [0.2, 0.25) is 5.91 Å². The zero-order valence-electron chi connectivity index (χ0n) is 16.6. The molecule has 0 radical (unpaired) electrons. The number of hydrogen-bond acceptors (Lipinski definition) is 5. The van der Waals surface area contributed by atoms with Gasteiger partial charge < -0.3 is 4.90 Å². The number of rotatable bonds is 6. The first-order valence-corrected chi connectivity index (χ1v) is 12.3. The fraction of sp³-hybridized carbons (Fsp3) is 0.667. The minimum Gasteiger partial charge on any atom is -0.336 e. The number of amides is 1. The van der Waals surface area contributed by atoms with Crippen molar-refractivity contribution < 1.29 is 4.79 Å². The van der Waals surface area contributed by atoms with E-state index >= 15 is 0 Å². The molecular weight excluding hydrogens is 390 g/mol. The monoisotopic (exact) mass is 417 g/mol. The van der Waals surface area contributed by atoms with Crippen LogP contribution in [0.25, 0.3) is 10.2 Å². The van der Waals surface area contributed by atoms with Gasteiger partial charge in [0.25, 0.3) is 5.56 Å². The maximum absolute atomic E-state index is 13.0. The number of carbonyl (C=O) groups excluding carboxylic acids is 1. The lowest BCUT2D eigenvalue weighted by atomic mass is 9.97. The highest BCUT2D eigenvalue weighted by molar-refractivity contribution is 7.99. The third kappa shape index (κ3) is 3.30. The zero-order valence-corrected chi connectivity index (χ0v) is 18.2. The van der Waals surface area contributed by atoms with E-state index in [4.69, 9.17) is 4.98 Å². The molecule has 5 nitrogen and oxygen atoms in total. The first-order valence-electron chi connectivity index (χ1n) is 10.5. The van der Waals surface area contributed by atoms with Gasteiger partial charge in [0.1, 0.15) is 4.83 Å². The quantitative estimate of drug-likeness (QED) is 0.531. The van der Waals surface area contributed by atoms with Crippen LogP contribution >= 0.6 is 23.1 Å². The van der Waals surface area contributed by atoms with E-state index in [0.717, 1.165) is 42.3 Å². The minimum atomic E-state index is 0.0461. The molecule has 1 atom stereocenters. The van der Waals surface area contributed by atoms with Gasteiger partial charge in [0.15, 0.2) is 5.16 Å². The SMILES string of the molecule is CC(C1CC1)N(C(=O)CSc1nc2sc3c(c2c(=O)n1C)CCCC3)C1CC1. The second kappa shape index (κ2) is 7.17. The van der Waals surface area contributed by atoms with Gasteiger partial charge in [0.05, 0.1) is 11.1 Å². The summed E-state index contributed by atoms with van der Waals surface area (Å²) in [7, 11) is 1.79. The average molecular weight is 418 g/mol. The van der Waals surface area contributed by atoms with Crippen LogP contribution in [0.1, 0.15) is 55.9 Å². The lowest BCUT2D eigenvalue weighted by molar-refractivity contribution is -0.131. The molecule has 0 spiro atoms. The van der Waals surface area contributed by atoms with Crippen molar-refractivity contribution in [1.29, 1.82) is 0 Å². The number of fused-ring (bicyclic) bond motifs is 3. The Bertz CT molecular complexity index is 988. The molecule has 0 aliphatic heterocycles. The van der Waals surface area contributed by atoms with Crippen molar-refractivity contribution in [1.82, 2.24) is 14.5 Å². The van der Waals surface area contributed by atoms with Crippen LogP contribution in [0.2, 0.25) is 0 Å². The van der Waals surface area contributed by atoms with E-state index in [1.165, 1.54) is 41.5 Å². The summed E-state index contributed by atoms with van der Waals surface area (Å²) in [5, 5.41) is 1.49. The van der Waals surface area contributed by atoms with E-state index in [2.05, 4.69) is 11.8 Å². The molecule has 3 aliphatic carbocycles. The summed E-state index contributed by atoms with van der Waals surface area (Å²) < 4.78 is 1.65. The van der Waals surface area contributed by atoms with Gasteiger partial charge in [-0.15, -0.1) is 11.3 Å². The predicted octanol–water partition coefficient (Wildman–Crippen LogP) is 3.76. The van der Waals surface area contributed by atoms with Crippen molar-refractivity contribution in [3.05, 3.63) is 20.8 Å². The number of carbonyl (C=O) groups is 1. The molecule has 0 saturated heterocycles. The van der Waals surface area contributed by atoms with Gasteiger partial charge in [-0.2, -0.15) is 0 Å². The minimum absolute atomic E-state index is 0.0461. The Morgan fingerprint density at radius 3 is 2.75 bits per heavy atom. The molecule has 0 N–H and O–H groups in total. The van der Waals surface area contributed by atoms with Crippen LogP contribution in [0.3, 0.4) is 0 Å². The van der Waals surface area contributed by atoms with Crippen LogP contribution in [0.5, 0.6) is 0 Å². The Labute approximate surface area is 173 Å². The molecule has 5 rings (SSSR count). The molecule has 7 heteroatoms. The van der Waals surface area contributed by atoms with Crippen molar-refractivity contribution in [2.45, 2.75) is 75.5 Å². The zero-order chi connectivity index (χ0) is 19.4. The fourth-order valence-electron chi connectivity index (χ4n) is 4.52. The van der Waals surface area contributed by atoms with Gasteiger partial charge >= 0.3 is 0 Å². The molecule has 0 bridgehead atoms. The first kappa shape index (κ1) is 18.7. The molecule has 2 aromatic rings. The Balaban J connectivity index is 1.38. The lowest BCUT2D eigenvalue weighted by Gasteiger charge is -2.29. The third-order valence-corrected chi connectivity index (χ3v) is 8.65. The molecule has 2 fully saturated rings. The highest BCUT2D eigenvalue weighted by Crippen LogP contribution is 2.40. The number of thioether (sulfide) groups is 1. The Hall–Kier alpha value is -1.34. The molecule has 1 amide bonds. The molecule has 0 aromatic carbocycles. The van der Waals surface area contributed by atoms with E-state index in [-0.39, 0.29) is 11.5 Å². The molecular formula is C21H27N3O2S2. The Kier molecular flexibility index (Phi) is 4.78. The fourth-order valence-corrected chi connectivity index (χ4v) is 6.66. The second-order valence-corrected chi connectivity index (χ2v) is 10.6. The van der Waals surface area contributed by atoms with Crippen LogP contribution in [0.15, 0.2) is 9.95 Å². The molecule has 2 aromatic heterocycles. The lowest BCUT2D eigenvalue weighted by Crippen LogP contribution is -2.42. The highest BCUT2D eigenvalue weighted by atomic mass is 32.2. The summed E-state index contributed by atoms with van der Waals surface area (Å²) in [6, 6.07) is 0.788. The summed E-state index contributed by atoms with van der Waals surface area (Å²) in [5.41, 5.74) is 1.27. The van der Waals surface area contributed by atoms with Gasteiger partial charge in [-0.05, 0) is 69.8 Å². The van der Waals surface area contributed by atoms with Crippen LogP contribution in [-0.2, 0) is 24.7 Å². The number of thiophene rings is 1. The van der Waals surface area contributed by atoms with Crippen LogP contribution in [-0.4, -0.2) is 38.2 Å². The van der Waals surface area contributed by atoms with Crippen molar-refractivity contribution in [3.63, 3.8) is 0 Å². The van der Waals surface area contributed by atoms with Crippen LogP contribution in [0, 0.1) is 5.92 Å². The van der Waals surface area contributed by atoms with Crippen molar-refractivity contribution >= 4 is 39.2 Å². The predicted molar refractivity (Wildman–Crippen MR) is 114 cm³/mol. The largest absolute Gasteiger partial charge is 0.336 e. The average Bonchev–Trinajstić information content (AvgIpc) is 3.60. The van der Waals surface area contributed by atoms with E-state index in [1.54, 1.807) is 23.0 Å². The van der Waals surface area contributed by atoms with Crippen molar-refractivity contribution in [3.8, 4) is 0 Å². The van der Waals surface area contributed by atoms with Crippen LogP contribution < -0.4 is 5.56 Å². The number of nitrogens with zero attached hydrogens (tertiary/aromatic N) is 3. The Morgan fingerprint density at radius 1 is 1.29 bits per heavy atom. The van der Waals surface area contributed by atoms with E-state index < -0.39 is 0 Å². The molecule has 2 saturated carbocycles. The molecule has 150 valence electrons. The van der Waals surface area contributed by atoms with E-state index in [0.29, 0.717) is 28.9 Å². The van der Waals surface area contributed by atoms with E-state index in [1.807, 2.05) is 0 Å². The summed E-state index contributed by atoms with van der Waals surface area (Å²) in [6.45, 7) is 2.20.